The summed E-state index contributed by atoms with van der Waals surface area (Å²) in [5.41, 5.74) is 2.57. The molecule has 36 heavy (non-hydrogen) atoms. The van der Waals surface area contributed by atoms with Crippen LogP contribution in [0.4, 0.5) is 0 Å². The van der Waals surface area contributed by atoms with E-state index in [1.807, 2.05) is 60.7 Å². The van der Waals surface area contributed by atoms with Gasteiger partial charge >= 0.3 is 0 Å². The van der Waals surface area contributed by atoms with Crippen LogP contribution in [-0.2, 0) is 19.8 Å². The van der Waals surface area contributed by atoms with E-state index in [4.69, 9.17) is 14.2 Å². The first-order chi connectivity index (χ1) is 17.5. The second-order valence-corrected chi connectivity index (χ2v) is 8.25. The molecule has 0 bridgehead atoms. The van der Waals surface area contributed by atoms with Gasteiger partial charge < -0.3 is 29.0 Å². The van der Waals surface area contributed by atoms with Gasteiger partial charge in [-0.1, -0.05) is 60.7 Å². The summed E-state index contributed by atoms with van der Waals surface area (Å²) < 4.78 is 19.0. The Morgan fingerprint density at radius 3 is 2.03 bits per heavy atom. The Kier molecular flexibility index (Phi) is 7.92. The van der Waals surface area contributed by atoms with Gasteiger partial charge in [0.05, 0.1) is 25.0 Å². The molecule has 0 aliphatic heterocycles. The molecule has 4 aromatic rings. The van der Waals surface area contributed by atoms with Crippen molar-refractivity contribution in [2.45, 2.75) is 26.7 Å². The van der Waals surface area contributed by atoms with Crippen molar-refractivity contribution in [1.29, 1.82) is 0 Å². The highest BCUT2D eigenvalue weighted by Crippen LogP contribution is 2.41. The number of benzene rings is 3. The van der Waals surface area contributed by atoms with Gasteiger partial charge in [0.1, 0.15) is 13.2 Å². The minimum absolute atomic E-state index is 0.0333. The Labute approximate surface area is 209 Å². The average Bonchev–Trinajstić information content (AvgIpc) is 2.92. The van der Waals surface area contributed by atoms with Gasteiger partial charge in [0.2, 0.25) is 0 Å². The first kappa shape index (κ1) is 24.9. The number of pyridine rings is 1. The summed E-state index contributed by atoms with van der Waals surface area (Å²) in [6.07, 6.45) is 0. The molecule has 186 valence electrons. The van der Waals surface area contributed by atoms with Crippen molar-refractivity contribution in [3.63, 3.8) is 0 Å². The molecule has 7 nitrogen and oxygen atoms in total. The maximum Gasteiger partial charge on any atom is 0.257 e. The molecule has 0 amide bonds. The molecule has 4 rings (SSSR count). The molecule has 0 aliphatic rings. The third kappa shape index (κ3) is 5.37. The fraction of sp³-hybridized carbons (Fsp3) is 0.207. The fourth-order valence-electron chi connectivity index (χ4n) is 3.95. The molecular formula is C29H29NO6. The topological polar surface area (TPSA) is 90.2 Å². The maximum absolute atomic E-state index is 13.1. The standard InChI is InChI=1S/C29H29NO6/c1-20-27(32)28(36-19-22-11-7-4-8-12-22)26(30(15-16-31)29(20)33)23-13-14-24(25(17-23)34-2)35-18-21-9-5-3-6-10-21/h3-14,17,31-32H,15-16,18-19H2,1-2H3. The van der Waals surface area contributed by atoms with Gasteiger partial charge in [0, 0.05) is 12.1 Å². The minimum Gasteiger partial charge on any atom is -0.504 e. The van der Waals surface area contributed by atoms with Crippen LogP contribution in [0.15, 0.2) is 83.7 Å². The molecule has 0 saturated carbocycles. The normalized spacial score (nSPS) is 10.8. The van der Waals surface area contributed by atoms with Gasteiger partial charge in [-0.25, -0.2) is 0 Å². The highest BCUT2D eigenvalue weighted by atomic mass is 16.5. The molecule has 2 N–H and O–H groups in total. The molecule has 0 fully saturated rings. The quantitative estimate of drug-likeness (QED) is 0.337. The molecule has 0 atom stereocenters. The van der Waals surface area contributed by atoms with Gasteiger partial charge in [0.15, 0.2) is 23.0 Å². The van der Waals surface area contributed by atoms with Crippen LogP contribution < -0.4 is 19.8 Å². The molecule has 0 saturated heterocycles. The summed E-state index contributed by atoms with van der Waals surface area (Å²) in [5.74, 6) is 0.914. The number of aliphatic hydroxyl groups is 1. The van der Waals surface area contributed by atoms with E-state index in [0.29, 0.717) is 29.4 Å². The lowest BCUT2D eigenvalue weighted by molar-refractivity contribution is 0.266. The van der Waals surface area contributed by atoms with E-state index in [0.717, 1.165) is 11.1 Å². The molecule has 0 aliphatic carbocycles. The summed E-state index contributed by atoms with van der Waals surface area (Å²) in [7, 11) is 1.54. The van der Waals surface area contributed by atoms with Gasteiger partial charge in [-0.15, -0.1) is 0 Å². The number of rotatable bonds is 10. The predicted molar refractivity (Wildman–Crippen MR) is 138 cm³/mol. The maximum atomic E-state index is 13.1. The van der Waals surface area contributed by atoms with E-state index in [2.05, 4.69) is 0 Å². The monoisotopic (exact) mass is 487 g/mol. The lowest BCUT2D eigenvalue weighted by Gasteiger charge is -2.21. The molecule has 7 heteroatoms. The van der Waals surface area contributed by atoms with Crippen LogP contribution in [0.5, 0.6) is 23.0 Å². The number of hydrogen-bond acceptors (Lipinski definition) is 6. The number of aromatic hydroxyl groups is 1. The SMILES string of the molecule is COc1cc(-c2c(OCc3ccccc3)c(O)c(C)c(=O)n2CCO)ccc1OCc1ccccc1. The van der Waals surface area contributed by atoms with Gasteiger partial charge in [0.25, 0.3) is 5.56 Å². The van der Waals surface area contributed by atoms with E-state index >= 15 is 0 Å². The first-order valence-electron chi connectivity index (χ1n) is 11.6. The van der Waals surface area contributed by atoms with Crippen molar-refractivity contribution in [3.8, 4) is 34.3 Å². The van der Waals surface area contributed by atoms with Crippen molar-refractivity contribution >= 4 is 0 Å². The minimum atomic E-state index is -0.410. The van der Waals surface area contributed by atoms with E-state index < -0.39 is 5.56 Å². The van der Waals surface area contributed by atoms with Crippen molar-refractivity contribution < 1.29 is 24.4 Å². The van der Waals surface area contributed by atoms with Crippen molar-refractivity contribution in [2.75, 3.05) is 13.7 Å². The van der Waals surface area contributed by atoms with E-state index in [1.165, 1.54) is 18.6 Å². The second-order valence-electron chi connectivity index (χ2n) is 8.25. The summed E-state index contributed by atoms with van der Waals surface area (Å²) in [6, 6.07) is 24.6. The summed E-state index contributed by atoms with van der Waals surface area (Å²) in [6.45, 7) is 1.86. The Morgan fingerprint density at radius 2 is 1.44 bits per heavy atom. The van der Waals surface area contributed by atoms with E-state index in [1.54, 1.807) is 18.2 Å². The number of nitrogens with zero attached hydrogens (tertiary/aromatic N) is 1. The number of ether oxygens (including phenoxy) is 3. The van der Waals surface area contributed by atoms with Crippen molar-refractivity contribution in [3.05, 3.63) is 106 Å². The van der Waals surface area contributed by atoms with Gasteiger partial charge in [-0.3, -0.25) is 4.79 Å². The first-order valence-corrected chi connectivity index (χ1v) is 11.6. The zero-order valence-corrected chi connectivity index (χ0v) is 20.3. The van der Waals surface area contributed by atoms with Crippen LogP contribution in [0.25, 0.3) is 11.3 Å². The van der Waals surface area contributed by atoms with Gasteiger partial charge in [-0.05, 0) is 36.2 Å². The van der Waals surface area contributed by atoms with Gasteiger partial charge in [-0.2, -0.15) is 0 Å². The van der Waals surface area contributed by atoms with E-state index in [-0.39, 0.29) is 36.8 Å². The summed E-state index contributed by atoms with van der Waals surface area (Å²) in [4.78, 5) is 13.1. The van der Waals surface area contributed by atoms with Crippen LogP contribution >= 0.6 is 0 Å². The zero-order valence-electron chi connectivity index (χ0n) is 20.3. The zero-order chi connectivity index (χ0) is 25.5. The van der Waals surface area contributed by atoms with Crippen LogP contribution in [0.2, 0.25) is 0 Å². The molecule has 0 radical (unpaired) electrons. The Balaban J connectivity index is 1.76. The highest BCUT2D eigenvalue weighted by molar-refractivity contribution is 5.73. The van der Waals surface area contributed by atoms with Crippen LogP contribution in [0.3, 0.4) is 0 Å². The molecule has 0 unspecified atom stereocenters. The Bertz CT molecular complexity index is 1370. The fourth-order valence-corrected chi connectivity index (χ4v) is 3.95. The second kappa shape index (κ2) is 11.5. The van der Waals surface area contributed by atoms with Crippen LogP contribution in [0, 0.1) is 6.92 Å². The molecule has 1 heterocycles. The Hall–Kier alpha value is -4.23. The van der Waals surface area contributed by atoms with E-state index in [9.17, 15) is 15.0 Å². The third-order valence-corrected chi connectivity index (χ3v) is 5.85. The lowest BCUT2D eigenvalue weighted by Crippen LogP contribution is -2.26. The van der Waals surface area contributed by atoms with Crippen LogP contribution in [-0.4, -0.2) is 28.5 Å². The smallest absolute Gasteiger partial charge is 0.257 e. The summed E-state index contributed by atoms with van der Waals surface area (Å²) in [5, 5.41) is 20.6. The predicted octanol–water partition coefficient (Wildman–Crippen LogP) is 4.69. The molecular weight excluding hydrogens is 458 g/mol. The largest absolute Gasteiger partial charge is 0.504 e. The van der Waals surface area contributed by atoms with Crippen LogP contribution in [0.1, 0.15) is 16.7 Å². The Morgan fingerprint density at radius 1 is 0.833 bits per heavy atom. The third-order valence-electron chi connectivity index (χ3n) is 5.85. The number of methoxy groups -OCH3 is 1. The molecule has 3 aromatic carbocycles. The summed E-state index contributed by atoms with van der Waals surface area (Å²) >= 11 is 0. The average molecular weight is 488 g/mol. The number of hydrogen-bond donors (Lipinski definition) is 2. The number of aromatic nitrogens is 1. The molecule has 0 spiro atoms. The van der Waals surface area contributed by atoms with Crippen molar-refractivity contribution in [1.82, 2.24) is 4.57 Å². The highest BCUT2D eigenvalue weighted by Gasteiger charge is 2.23. The number of aliphatic hydroxyl groups excluding tert-OH is 1. The molecule has 1 aromatic heterocycles. The van der Waals surface area contributed by atoms with Crippen molar-refractivity contribution in [2.24, 2.45) is 0 Å². The lowest BCUT2D eigenvalue weighted by atomic mass is 10.1.